The van der Waals surface area contributed by atoms with Gasteiger partial charge < -0.3 is 21.4 Å². The smallest absolute Gasteiger partial charge is 0.275 e. The molecule has 0 spiro atoms. The predicted octanol–water partition coefficient (Wildman–Crippen LogP) is 3.24. The SMILES string of the molecule is CNC(C)C1Nc2cc(cc(NC(=O)c3ccc(Cl)cn3)n2)-c2nc(C)nc(C(C)=N)c2NO1. The lowest BCUT2D eigenvalue weighted by atomic mass is 10.1. The molecule has 176 valence electrons. The third-order valence-corrected chi connectivity index (χ3v) is 5.39. The highest BCUT2D eigenvalue weighted by Gasteiger charge is 2.25. The molecule has 2 unspecified atom stereocenters. The van der Waals surface area contributed by atoms with Gasteiger partial charge >= 0.3 is 0 Å². The van der Waals surface area contributed by atoms with Gasteiger partial charge in [0.1, 0.15) is 40.2 Å². The van der Waals surface area contributed by atoms with Gasteiger partial charge in [0.15, 0.2) is 6.23 Å². The number of amides is 1. The molecule has 12 heteroatoms. The third kappa shape index (κ3) is 4.96. The highest BCUT2D eigenvalue weighted by Crippen LogP contribution is 2.33. The van der Waals surface area contributed by atoms with Crippen molar-refractivity contribution in [3.8, 4) is 11.3 Å². The molecule has 1 aliphatic rings. The highest BCUT2D eigenvalue weighted by molar-refractivity contribution is 6.30. The first kappa shape index (κ1) is 23.5. The largest absolute Gasteiger partial charge is 0.342 e. The number of aryl methyl sites for hydroxylation is 1. The van der Waals surface area contributed by atoms with Crippen molar-refractivity contribution in [1.82, 2.24) is 25.3 Å². The molecule has 3 aromatic heterocycles. The highest BCUT2D eigenvalue weighted by atomic mass is 35.5. The maximum atomic E-state index is 12.8. The van der Waals surface area contributed by atoms with Crippen molar-refractivity contribution in [2.24, 2.45) is 0 Å². The lowest BCUT2D eigenvalue weighted by Gasteiger charge is -2.25. The quantitative estimate of drug-likeness (QED) is 0.346. The van der Waals surface area contributed by atoms with Gasteiger partial charge in [-0.3, -0.25) is 10.3 Å². The number of hydrogen-bond donors (Lipinski definition) is 5. The zero-order valence-corrected chi connectivity index (χ0v) is 19.8. The molecule has 1 aliphatic heterocycles. The number of nitrogens with one attached hydrogen (secondary N) is 5. The summed E-state index contributed by atoms with van der Waals surface area (Å²) in [5.41, 5.74) is 5.41. The molecule has 5 N–H and O–H groups in total. The van der Waals surface area contributed by atoms with Crippen LogP contribution in [0.15, 0.2) is 30.5 Å². The number of rotatable bonds is 5. The molecule has 4 rings (SSSR count). The number of halogens is 1. The van der Waals surface area contributed by atoms with Crippen LogP contribution in [-0.2, 0) is 4.84 Å². The van der Waals surface area contributed by atoms with E-state index in [0.29, 0.717) is 39.3 Å². The van der Waals surface area contributed by atoms with E-state index in [1.54, 1.807) is 32.0 Å². The summed E-state index contributed by atoms with van der Waals surface area (Å²) in [5.74, 6) is 0.799. The van der Waals surface area contributed by atoms with Crippen molar-refractivity contribution in [2.75, 3.05) is 23.2 Å². The molecule has 2 bridgehead atoms. The van der Waals surface area contributed by atoms with Crippen LogP contribution in [0.25, 0.3) is 11.3 Å². The summed E-state index contributed by atoms with van der Waals surface area (Å²) < 4.78 is 0. The fourth-order valence-corrected chi connectivity index (χ4v) is 3.43. The molecule has 34 heavy (non-hydrogen) atoms. The number of fused-ring (bicyclic) bond motifs is 4. The Bertz CT molecular complexity index is 1250. The summed E-state index contributed by atoms with van der Waals surface area (Å²) in [6.07, 6.45) is 0.847. The van der Waals surface area contributed by atoms with Crippen molar-refractivity contribution in [3.63, 3.8) is 0 Å². The van der Waals surface area contributed by atoms with Crippen LogP contribution in [-0.4, -0.2) is 50.9 Å². The Kier molecular flexibility index (Phi) is 6.68. The molecule has 1 amide bonds. The molecule has 3 aromatic rings. The molecule has 11 nitrogen and oxygen atoms in total. The van der Waals surface area contributed by atoms with E-state index in [1.165, 1.54) is 12.3 Å². The minimum atomic E-state index is -0.555. The van der Waals surface area contributed by atoms with Crippen molar-refractivity contribution < 1.29 is 9.63 Å². The van der Waals surface area contributed by atoms with E-state index < -0.39 is 12.1 Å². The number of pyridine rings is 2. The second-order valence-corrected chi connectivity index (χ2v) is 8.21. The molecule has 2 atom stereocenters. The molecule has 0 fully saturated rings. The van der Waals surface area contributed by atoms with E-state index in [0.717, 1.165) is 0 Å². The summed E-state index contributed by atoms with van der Waals surface area (Å²) in [7, 11) is 1.81. The van der Waals surface area contributed by atoms with E-state index in [9.17, 15) is 4.79 Å². The van der Waals surface area contributed by atoms with Crippen molar-refractivity contribution >= 4 is 40.5 Å². The van der Waals surface area contributed by atoms with Crippen LogP contribution in [0, 0.1) is 12.3 Å². The first-order chi connectivity index (χ1) is 16.2. The summed E-state index contributed by atoms with van der Waals surface area (Å²) in [5, 5.41) is 17.8. The summed E-state index contributed by atoms with van der Waals surface area (Å²) in [6, 6.07) is 6.48. The number of hydrogen-bond acceptors (Lipinski definition) is 10. The number of aromatic nitrogens is 4. The van der Waals surface area contributed by atoms with Crippen LogP contribution in [0.4, 0.5) is 17.3 Å². The third-order valence-electron chi connectivity index (χ3n) is 5.16. The standard InChI is InChI=1S/C22H24ClN9O2/c1-10(24)18-20-19(28-12(3)27-18)13-7-16(30-21(33)15-6-5-14(23)9-26-15)29-17(8-13)31-22(34-32-20)11(2)25-4/h5-9,11,22,24-25,32H,1-4H3,(H2,29,30,31,33). The maximum absolute atomic E-state index is 12.8. The van der Waals surface area contributed by atoms with Crippen LogP contribution in [0.5, 0.6) is 0 Å². The molecule has 0 saturated heterocycles. The molecule has 0 aromatic carbocycles. The van der Waals surface area contributed by atoms with E-state index in [2.05, 4.69) is 41.4 Å². The van der Waals surface area contributed by atoms with E-state index in [1.807, 2.05) is 14.0 Å². The maximum Gasteiger partial charge on any atom is 0.275 e. The lowest BCUT2D eigenvalue weighted by Crippen LogP contribution is -2.43. The lowest BCUT2D eigenvalue weighted by molar-refractivity contribution is 0.0954. The second-order valence-electron chi connectivity index (χ2n) is 7.77. The van der Waals surface area contributed by atoms with Gasteiger partial charge in [-0.25, -0.2) is 24.8 Å². The zero-order valence-electron chi connectivity index (χ0n) is 19.0. The van der Waals surface area contributed by atoms with Gasteiger partial charge in [-0.15, -0.1) is 0 Å². The average Bonchev–Trinajstić information content (AvgIpc) is 2.85. The first-order valence-electron chi connectivity index (χ1n) is 10.5. The average molecular weight is 482 g/mol. The van der Waals surface area contributed by atoms with Gasteiger partial charge in [-0.1, -0.05) is 11.6 Å². The van der Waals surface area contributed by atoms with Crippen LogP contribution in [0.2, 0.25) is 5.02 Å². The summed E-state index contributed by atoms with van der Waals surface area (Å²) >= 11 is 5.88. The Balaban J connectivity index is 1.82. The van der Waals surface area contributed by atoms with Gasteiger partial charge in [0.2, 0.25) is 0 Å². The summed E-state index contributed by atoms with van der Waals surface area (Å²) in [4.78, 5) is 36.3. The normalized spacial score (nSPS) is 15.5. The molecular formula is C22H24ClN9O2. The number of carbonyl (C=O) groups is 1. The Morgan fingerprint density at radius 3 is 2.74 bits per heavy atom. The fourth-order valence-electron chi connectivity index (χ4n) is 3.32. The van der Waals surface area contributed by atoms with Gasteiger partial charge in [0.25, 0.3) is 5.91 Å². The van der Waals surface area contributed by atoms with Gasteiger partial charge in [0.05, 0.1) is 16.8 Å². The van der Waals surface area contributed by atoms with Crippen molar-refractivity contribution in [3.05, 3.63) is 52.7 Å². The van der Waals surface area contributed by atoms with Crippen LogP contribution < -0.4 is 21.4 Å². The monoisotopic (exact) mass is 481 g/mol. The number of likely N-dealkylation sites (N-methyl/N-ethyl adjacent to an activating group) is 1. The fraction of sp³-hybridized carbons (Fsp3) is 0.273. The minimum Gasteiger partial charge on any atom is -0.342 e. The van der Waals surface area contributed by atoms with E-state index >= 15 is 0 Å². The Hall–Kier alpha value is -3.67. The van der Waals surface area contributed by atoms with Gasteiger partial charge in [0, 0.05) is 11.8 Å². The van der Waals surface area contributed by atoms with E-state index in [-0.39, 0.29) is 23.3 Å². The first-order valence-corrected chi connectivity index (χ1v) is 10.9. The molecule has 0 saturated carbocycles. The number of carbonyl (C=O) groups excluding carboxylic acids is 1. The van der Waals surface area contributed by atoms with Crippen molar-refractivity contribution in [1.29, 1.82) is 5.41 Å². The number of anilines is 3. The number of nitrogens with zero attached hydrogens (tertiary/aromatic N) is 4. The van der Waals surface area contributed by atoms with Gasteiger partial charge in [-0.05, 0) is 52.1 Å². The van der Waals surface area contributed by atoms with Crippen LogP contribution >= 0.6 is 11.6 Å². The van der Waals surface area contributed by atoms with Gasteiger partial charge in [-0.2, -0.15) is 0 Å². The zero-order chi connectivity index (χ0) is 24.4. The minimum absolute atomic E-state index is 0.133. The van der Waals surface area contributed by atoms with Crippen molar-refractivity contribution in [2.45, 2.75) is 33.0 Å². The van der Waals surface area contributed by atoms with Crippen LogP contribution in [0.3, 0.4) is 0 Å². The molecule has 4 heterocycles. The topological polar surface area (TPSA) is 150 Å². The Morgan fingerprint density at radius 2 is 2.06 bits per heavy atom. The second kappa shape index (κ2) is 9.67. The van der Waals surface area contributed by atoms with E-state index in [4.69, 9.17) is 21.8 Å². The molecule has 0 aliphatic carbocycles. The Morgan fingerprint density at radius 1 is 1.26 bits per heavy atom. The Labute approximate surface area is 201 Å². The predicted molar refractivity (Wildman–Crippen MR) is 130 cm³/mol. The van der Waals surface area contributed by atoms with Crippen LogP contribution in [0.1, 0.15) is 35.9 Å². The molecule has 0 radical (unpaired) electrons. The molecular weight excluding hydrogens is 458 g/mol. The summed E-state index contributed by atoms with van der Waals surface area (Å²) in [6.45, 7) is 5.33.